The van der Waals surface area contributed by atoms with Crippen LogP contribution in [0.4, 0.5) is 0 Å². The maximum atomic E-state index is 11.6. The first-order valence-electron chi connectivity index (χ1n) is 6.20. The minimum absolute atomic E-state index is 0.704. The number of rotatable bonds is 3. The van der Waals surface area contributed by atoms with Gasteiger partial charge in [0.1, 0.15) is 5.92 Å². The molecule has 1 aromatic carbocycles. The molecule has 0 bridgehead atoms. The lowest BCUT2D eigenvalue weighted by atomic mass is 9.92. The van der Waals surface area contributed by atoms with Crippen molar-refractivity contribution in [3.63, 3.8) is 0 Å². The van der Waals surface area contributed by atoms with Crippen molar-refractivity contribution in [1.29, 1.82) is 0 Å². The Kier molecular flexibility index (Phi) is 2.95. The first-order valence-corrected chi connectivity index (χ1v) is 6.20. The number of carboxylic acids is 1. The maximum absolute atomic E-state index is 11.6. The Morgan fingerprint density at radius 2 is 1.95 bits per heavy atom. The molecule has 5 heteroatoms. The first-order chi connectivity index (χ1) is 9.66. The van der Waals surface area contributed by atoms with E-state index in [9.17, 15) is 9.90 Å². The fraction of sp³-hybridized carbons (Fsp3) is 0.133. The van der Waals surface area contributed by atoms with Crippen LogP contribution in [-0.2, 0) is 11.8 Å². The van der Waals surface area contributed by atoms with E-state index in [1.807, 2.05) is 29.8 Å². The molecule has 1 N–H and O–H groups in total. The molecule has 0 radical (unpaired) electrons. The zero-order valence-corrected chi connectivity index (χ0v) is 10.9. The minimum atomic E-state index is -0.883. The fourth-order valence-electron chi connectivity index (χ4n) is 2.37. The zero-order valence-electron chi connectivity index (χ0n) is 10.9. The van der Waals surface area contributed by atoms with Crippen molar-refractivity contribution in [3.8, 4) is 0 Å². The van der Waals surface area contributed by atoms with Crippen LogP contribution in [0.25, 0.3) is 11.0 Å². The van der Waals surface area contributed by atoms with E-state index in [1.165, 1.54) is 0 Å². The average Bonchev–Trinajstić information content (AvgIpc) is 2.81. The van der Waals surface area contributed by atoms with Gasteiger partial charge in [0.2, 0.25) is 0 Å². The maximum Gasteiger partial charge on any atom is 0.315 e. The molecule has 100 valence electrons. The van der Waals surface area contributed by atoms with E-state index in [0.29, 0.717) is 5.56 Å². The van der Waals surface area contributed by atoms with E-state index in [2.05, 4.69) is 9.97 Å². The first kappa shape index (κ1) is 12.3. The second-order valence-electron chi connectivity index (χ2n) is 4.66. The molecule has 0 aliphatic heterocycles. The lowest BCUT2D eigenvalue weighted by Gasteiger charge is -2.13. The molecule has 1 unspecified atom stereocenters. The van der Waals surface area contributed by atoms with Gasteiger partial charge in [-0.15, -0.1) is 0 Å². The second-order valence-corrected chi connectivity index (χ2v) is 4.66. The summed E-state index contributed by atoms with van der Waals surface area (Å²) in [7, 11) is 1.91. The van der Waals surface area contributed by atoms with E-state index in [0.717, 1.165) is 16.6 Å². The van der Waals surface area contributed by atoms with Crippen LogP contribution in [0, 0.1) is 0 Å². The molecule has 2 aromatic heterocycles. The van der Waals surface area contributed by atoms with Crippen molar-refractivity contribution in [2.45, 2.75) is 5.92 Å². The monoisotopic (exact) mass is 267 g/mol. The number of fused-ring (bicyclic) bond motifs is 1. The Morgan fingerprint density at radius 1 is 1.20 bits per heavy atom. The van der Waals surface area contributed by atoms with Gasteiger partial charge in [-0.25, -0.2) is 4.98 Å². The standard InChI is InChI=1S/C15H13N3O2/c1-18-9-17-12-8-11(2-3-13(12)18)14(15(19)20)10-4-6-16-7-5-10/h2-9,14H,1H3,(H,19,20). The number of benzene rings is 1. The van der Waals surface area contributed by atoms with Gasteiger partial charge in [-0.1, -0.05) is 6.07 Å². The van der Waals surface area contributed by atoms with Gasteiger partial charge in [0.25, 0.3) is 0 Å². The summed E-state index contributed by atoms with van der Waals surface area (Å²) in [5, 5.41) is 9.51. The number of aliphatic carboxylic acids is 1. The molecule has 0 amide bonds. The van der Waals surface area contributed by atoms with Crippen LogP contribution in [0.2, 0.25) is 0 Å². The predicted octanol–water partition coefficient (Wildman–Crippen LogP) is 2.18. The normalized spacial score (nSPS) is 12.4. The SMILES string of the molecule is Cn1cnc2cc(C(C(=O)O)c3ccncc3)ccc21. The van der Waals surface area contributed by atoms with Crippen LogP contribution in [-0.4, -0.2) is 25.6 Å². The average molecular weight is 267 g/mol. The molecule has 3 aromatic rings. The minimum Gasteiger partial charge on any atom is -0.481 e. The summed E-state index contributed by atoms with van der Waals surface area (Å²) < 4.78 is 1.90. The topological polar surface area (TPSA) is 68.0 Å². The second kappa shape index (κ2) is 4.77. The summed E-state index contributed by atoms with van der Waals surface area (Å²) in [6, 6.07) is 9.01. The number of aromatic nitrogens is 3. The van der Waals surface area contributed by atoms with Crippen molar-refractivity contribution in [3.05, 3.63) is 60.2 Å². The van der Waals surface area contributed by atoms with Gasteiger partial charge in [-0.2, -0.15) is 0 Å². The molecular formula is C15H13N3O2. The van der Waals surface area contributed by atoms with Crippen molar-refractivity contribution in [2.75, 3.05) is 0 Å². The van der Waals surface area contributed by atoms with Gasteiger partial charge in [-0.05, 0) is 35.4 Å². The van der Waals surface area contributed by atoms with Gasteiger partial charge >= 0.3 is 5.97 Å². The molecule has 5 nitrogen and oxygen atoms in total. The Bertz CT molecular complexity index is 765. The molecule has 20 heavy (non-hydrogen) atoms. The molecule has 0 aliphatic rings. The summed E-state index contributed by atoms with van der Waals surface area (Å²) in [6.07, 6.45) is 4.92. The largest absolute Gasteiger partial charge is 0.481 e. The summed E-state index contributed by atoms with van der Waals surface area (Å²) in [5.41, 5.74) is 3.20. The highest BCUT2D eigenvalue weighted by molar-refractivity contribution is 5.83. The predicted molar refractivity (Wildman–Crippen MR) is 74.4 cm³/mol. The molecule has 2 heterocycles. The summed E-state index contributed by atoms with van der Waals surface area (Å²) in [4.78, 5) is 19.8. The molecule has 0 aliphatic carbocycles. The Labute approximate surface area is 115 Å². The van der Waals surface area contributed by atoms with Gasteiger partial charge in [0.05, 0.1) is 17.4 Å². The van der Waals surface area contributed by atoms with E-state index in [1.54, 1.807) is 30.9 Å². The highest BCUT2D eigenvalue weighted by Crippen LogP contribution is 2.27. The number of nitrogens with zero attached hydrogens (tertiary/aromatic N) is 3. The Balaban J connectivity index is 2.12. The fourth-order valence-corrected chi connectivity index (χ4v) is 2.37. The van der Waals surface area contributed by atoms with E-state index in [4.69, 9.17) is 0 Å². The van der Waals surface area contributed by atoms with Crippen LogP contribution in [0.5, 0.6) is 0 Å². The van der Waals surface area contributed by atoms with Crippen LogP contribution in [0.15, 0.2) is 49.1 Å². The number of imidazole rings is 1. The molecule has 0 saturated heterocycles. The molecular weight excluding hydrogens is 254 g/mol. The van der Waals surface area contributed by atoms with Gasteiger partial charge in [0.15, 0.2) is 0 Å². The highest BCUT2D eigenvalue weighted by atomic mass is 16.4. The Morgan fingerprint density at radius 3 is 2.65 bits per heavy atom. The third kappa shape index (κ3) is 2.03. The quantitative estimate of drug-likeness (QED) is 0.789. The summed E-state index contributed by atoms with van der Waals surface area (Å²) in [6.45, 7) is 0. The number of carbonyl (C=O) groups is 1. The van der Waals surface area contributed by atoms with Crippen LogP contribution in [0.3, 0.4) is 0 Å². The summed E-state index contributed by atoms with van der Waals surface area (Å²) in [5.74, 6) is -1.59. The van der Waals surface area contributed by atoms with Gasteiger partial charge < -0.3 is 9.67 Å². The number of hydrogen-bond donors (Lipinski definition) is 1. The number of hydrogen-bond acceptors (Lipinski definition) is 3. The van der Waals surface area contributed by atoms with Crippen LogP contribution >= 0.6 is 0 Å². The van der Waals surface area contributed by atoms with E-state index < -0.39 is 11.9 Å². The molecule has 0 saturated carbocycles. The van der Waals surface area contributed by atoms with E-state index >= 15 is 0 Å². The van der Waals surface area contributed by atoms with Crippen molar-refractivity contribution < 1.29 is 9.90 Å². The van der Waals surface area contributed by atoms with Crippen LogP contribution < -0.4 is 0 Å². The lowest BCUT2D eigenvalue weighted by Crippen LogP contribution is -2.13. The molecule has 3 rings (SSSR count). The number of carboxylic acid groups (broad SMARTS) is 1. The van der Waals surface area contributed by atoms with Crippen LogP contribution in [0.1, 0.15) is 17.0 Å². The zero-order chi connectivity index (χ0) is 14.1. The van der Waals surface area contributed by atoms with Gasteiger partial charge in [-0.3, -0.25) is 9.78 Å². The smallest absolute Gasteiger partial charge is 0.315 e. The third-order valence-corrected chi connectivity index (χ3v) is 3.37. The molecule has 0 spiro atoms. The van der Waals surface area contributed by atoms with Crippen molar-refractivity contribution >= 4 is 17.0 Å². The highest BCUT2D eigenvalue weighted by Gasteiger charge is 2.22. The summed E-state index contributed by atoms with van der Waals surface area (Å²) >= 11 is 0. The van der Waals surface area contributed by atoms with Crippen molar-refractivity contribution in [2.24, 2.45) is 7.05 Å². The van der Waals surface area contributed by atoms with Crippen molar-refractivity contribution in [1.82, 2.24) is 14.5 Å². The van der Waals surface area contributed by atoms with Gasteiger partial charge in [0, 0.05) is 19.4 Å². The lowest BCUT2D eigenvalue weighted by molar-refractivity contribution is -0.137. The third-order valence-electron chi connectivity index (χ3n) is 3.37. The Hall–Kier alpha value is -2.69. The number of pyridine rings is 1. The number of aryl methyl sites for hydroxylation is 1. The molecule has 1 atom stereocenters. The van der Waals surface area contributed by atoms with E-state index in [-0.39, 0.29) is 0 Å². The molecule has 0 fully saturated rings.